The van der Waals surface area contributed by atoms with E-state index in [1.165, 1.54) is 13.8 Å². The molecule has 1 aromatic carbocycles. The lowest BCUT2D eigenvalue weighted by Crippen LogP contribution is -2.19. The number of aromatic carboxylic acids is 1. The summed E-state index contributed by atoms with van der Waals surface area (Å²) in [5.41, 5.74) is -3.16. The van der Waals surface area contributed by atoms with Crippen LogP contribution in [-0.4, -0.2) is 16.9 Å². The first-order valence-corrected chi connectivity index (χ1v) is 4.83. The van der Waals surface area contributed by atoms with Gasteiger partial charge in [0.05, 0.1) is 5.56 Å². The van der Waals surface area contributed by atoms with Gasteiger partial charge in [-0.15, -0.1) is 0 Å². The zero-order valence-corrected chi connectivity index (χ0v) is 9.35. The summed E-state index contributed by atoms with van der Waals surface area (Å²) in [4.78, 5) is 21.9. The van der Waals surface area contributed by atoms with Crippen molar-refractivity contribution in [3.8, 4) is 0 Å². The maximum absolute atomic E-state index is 13.4. The van der Waals surface area contributed by atoms with Crippen LogP contribution in [0, 0.1) is 29.2 Å². The molecule has 0 aromatic heterocycles. The van der Waals surface area contributed by atoms with Gasteiger partial charge in [-0.05, 0) is 0 Å². The van der Waals surface area contributed by atoms with Crippen molar-refractivity contribution in [1.29, 1.82) is 0 Å². The van der Waals surface area contributed by atoms with Crippen molar-refractivity contribution < 1.29 is 32.3 Å². The Hall–Kier alpha value is -1.92. The molecule has 0 fully saturated rings. The lowest BCUT2D eigenvalue weighted by molar-refractivity contribution is 0.0681. The van der Waals surface area contributed by atoms with Crippen molar-refractivity contribution in [2.45, 2.75) is 13.8 Å². The summed E-state index contributed by atoms with van der Waals surface area (Å²) in [5.74, 6) is -12.4. The lowest BCUT2D eigenvalue weighted by atomic mass is 9.97. The average molecular weight is 264 g/mol. The first-order valence-electron chi connectivity index (χ1n) is 4.83. The van der Waals surface area contributed by atoms with E-state index in [4.69, 9.17) is 5.11 Å². The molecule has 0 radical (unpaired) electrons. The van der Waals surface area contributed by atoms with Crippen molar-refractivity contribution in [3.63, 3.8) is 0 Å². The molecular weight excluding hydrogens is 256 g/mol. The highest BCUT2D eigenvalue weighted by Gasteiger charge is 2.32. The zero-order chi connectivity index (χ0) is 14.2. The van der Waals surface area contributed by atoms with Crippen LogP contribution in [0.1, 0.15) is 34.6 Å². The number of carboxylic acid groups (broad SMARTS) is 1. The second-order valence-electron chi connectivity index (χ2n) is 3.83. The topological polar surface area (TPSA) is 54.4 Å². The van der Waals surface area contributed by atoms with E-state index in [0.717, 1.165) is 0 Å². The fraction of sp³-hybridized carbons (Fsp3) is 0.273. The lowest BCUT2D eigenvalue weighted by Gasteiger charge is -2.10. The fourth-order valence-electron chi connectivity index (χ4n) is 1.32. The minimum Gasteiger partial charge on any atom is -0.477 e. The van der Waals surface area contributed by atoms with Crippen molar-refractivity contribution in [3.05, 3.63) is 34.4 Å². The van der Waals surface area contributed by atoms with Crippen LogP contribution in [0.2, 0.25) is 0 Å². The third-order valence-corrected chi connectivity index (χ3v) is 2.25. The van der Waals surface area contributed by atoms with Crippen molar-refractivity contribution in [1.82, 2.24) is 0 Å². The second kappa shape index (κ2) is 4.75. The highest BCUT2D eigenvalue weighted by molar-refractivity contribution is 5.99. The highest BCUT2D eigenvalue weighted by Crippen LogP contribution is 2.26. The van der Waals surface area contributed by atoms with Gasteiger partial charge in [-0.25, -0.2) is 22.4 Å². The minimum absolute atomic E-state index is 0.900. The number of carbonyl (C=O) groups excluding carboxylic acids is 1. The first kappa shape index (κ1) is 14.1. The van der Waals surface area contributed by atoms with E-state index < -0.39 is 52.1 Å². The Kier molecular flexibility index (Phi) is 3.73. The van der Waals surface area contributed by atoms with Crippen molar-refractivity contribution in [2.75, 3.05) is 0 Å². The molecule has 0 aliphatic heterocycles. The molecule has 0 saturated carbocycles. The number of halogens is 4. The fourth-order valence-corrected chi connectivity index (χ4v) is 1.32. The number of carboxylic acids is 1. The molecule has 0 unspecified atom stereocenters. The van der Waals surface area contributed by atoms with E-state index >= 15 is 0 Å². The van der Waals surface area contributed by atoms with Gasteiger partial charge in [0.2, 0.25) is 0 Å². The van der Waals surface area contributed by atoms with E-state index in [-0.39, 0.29) is 0 Å². The van der Waals surface area contributed by atoms with Gasteiger partial charge in [-0.3, -0.25) is 4.79 Å². The summed E-state index contributed by atoms with van der Waals surface area (Å²) in [7, 11) is 0. The van der Waals surface area contributed by atoms with Crippen molar-refractivity contribution in [2.24, 2.45) is 5.92 Å². The largest absolute Gasteiger partial charge is 0.477 e. The van der Waals surface area contributed by atoms with Gasteiger partial charge in [0.15, 0.2) is 29.1 Å². The number of rotatable bonds is 3. The number of ketones is 1. The molecule has 1 N–H and O–H groups in total. The Bertz CT molecular complexity index is 509. The van der Waals surface area contributed by atoms with Crippen LogP contribution in [0.3, 0.4) is 0 Å². The summed E-state index contributed by atoms with van der Waals surface area (Å²) < 4.78 is 53.3. The molecule has 7 heteroatoms. The molecule has 3 nitrogen and oxygen atoms in total. The van der Waals surface area contributed by atoms with Crippen LogP contribution in [0.15, 0.2) is 0 Å². The van der Waals surface area contributed by atoms with Gasteiger partial charge in [0.1, 0.15) is 5.56 Å². The molecule has 0 atom stereocenters. The van der Waals surface area contributed by atoms with Crippen molar-refractivity contribution >= 4 is 11.8 Å². The van der Waals surface area contributed by atoms with Gasteiger partial charge in [0.25, 0.3) is 0 Å². The number of hydrogen-bond donors (Lipinski definition) is 1. The quantitative estimate of drug-likeness (QED) is 0.519. The molecule has 0 aliphatic rings. The predicted octanol–water partition coefficient (Wildman–Crippen LogP) is 2.78. The molecule has 0 saturated heterocycles. The molecule has 1 rings (SSSR count). The van der Waals surface area contributed by atoms with E-state index in [0.29, 0.717) is 0 Å². The van der Waals surface area contributed by atoms with Gasteiger partial charge in [0, 0.05) is 5.92 Å². The second-order valence-corrected chi connectivity index (χ2v) is 3.83. The number of hydrogen-bond acceptors (Lipinski definition) is 2. The molecule has 18 heavy (non-hydrogen) atoms. The standard InChI is InChI=1S/C11H8F4O3/c1-3(2)10(16)4-6(12)8(14)5(11(17)18)9(15)7(4)13/h3H,1-2H3,(H,17,18). The molecule has 0 amide bonds. The molecule has 0 aliphatic carbocycles. The molecule has 0 spiro atoms. The normalized spacial score (nSPS) is 10.8. The Balaban J connectivity index is 3.69. The summed E-state index contributed by atoms with van der Waals surface area (Å²) in [5, 5.41) is 8.44. The van der Waals surface area contributed by atoms with Crippen LogP contribution in [0.4, 0.5) is 17.6 Å². The number of benzene rings is 1. The van der Waals surface area contributed by atoms with Crippen LogP contribution < -0.4 is 0 Å². The van der Waals surface area contributed by atoms with E-state index in [2.05, 4.69) is 0 Å². The summed E-state index contributed by atoms with van der Waals surface area (Å²) >= 11 is 0. The van der Waals surface area contributed by atoms with Crippen LogP contribution in [-0.2, 0) is 0 Å². The average Bonchev–Trinajstić information content (AvgIpc) is 2.26. The highest BCUT2D eigenvalue weighted by atomic mass is 19.2. The molecule has 0 heterocycles. The SMILES string of the molecule is CC(C)C(=O)c1c(F)c(F)c(C(=O)O)c(F)c1F. The maximum Gasteiger partial charge on any atom is 0.341 e. The zero-order valence-electron chi connectivity index (χ0n) is 9.35. The Morgan fingerprint density at radius 1 is 0.889 bits per heavy atom. The molecular formula is C11H8F4O3. The van der Waals surface area contributed by atoms with Gasteiger partial charge in [-0.2, -0.15) is 0 Å². The third-order valence-electron chi connectivity index (χ3n) is 2.25. The summed E-state index contributed by atoms with van der Waals surface area (Å²) in [6.07, 6.45) is 0. The summed E-state index contributed by atoms with van der Waals surface area (Å²) in [6.45, 7) is 2.56. The monoisotopic (exact) mass is 264 g/mol. The Labute approximate surface area is 99.0 Å². The van der Waals surface area contributed by atoms with E-state index in [1.54, 1.807) is 0 Å². The molecule has 1 aromatic rings. The van der Waals surface area contributed by atoms with Gasteiger partial charge in [-0.1, -0.05) is 13.8 Å². The molecule has 98 valence electrons. The predicted molar refractivity (Wildman–Crippen MR) is 52.4 cm³/mol. The summed E-state index contributed by atoms with van der Waals surface area (Å²) in [6, 6.07) is 0. The minimum atomic E-state index is -2.16. The van der Waals surface area contributed by atoms with Crippen LogP contribution >= 0.6 is 0 Å². The maximum atomic E-state index is 13.4. The number of carbonyl (C=O) groups is 2. The third kappa shape index (κ3) is 2.07. The van der Waals surface area contributed by atoms with Crippen LogP contribution in [0.5, 0.6) is 0 Å². The van der Waals surface area contributed by atoms with Crippen LogP contribution in [0.25, 0.3) is 0 Å². The van der Waals surface area contributed by atoms with E-state index in [1.807, 2.05) is 0 Å². The van der Waals surface area contributed by atoms with Gasteiger partial charge >= 0.3 is 5.97 Å². The Morgan fingerprint density at radius 2 is 1.22 bits per heavy atom. The Morgan fingerprint density at radius 3 is 1.50 bits per heavy atom. The number of Topliss-reactive ketones (excluding diaryl/α,β-unsaturated/α-hetero) is 1. The molecule has 0 bridgehead atoms. The van der Waals surface area contributed by atoms with Gasteiger partial charge < -0.3 is 5.11 Å². The smallest absolute Gasteiger partial charge is 0.341 e. The van der Waals surface area contributed by atoms with E-state index in [9.17, 15) is 27.2 Å². The first-order chi connectivity index (χ1) is 8.20.